The first kappa shape index (κ1) is 16.5. The predicted molar refractivity (Wildman–Crippen MR) is 93.3 cm³/mol. The lowest BCUT2D eigenvalue weighted by atomic mass is 9.46. The van der Waals surface area contributed by atoms with E-state index >= 15 is 0 Å². The number of aliphatic hydroxyl groups excluding tert-OH is 2. The van der Waals surface area contributed by atoms with Crippen LogP contribution >= 0.6 is 0 Å². The molecule has 2 N–H and O–H groups in total. The maximum atomic E-state index is 11.9. The molecule has 0 aromatic carbocycles. The van der Waals surface area contributed by atoms with Crippen LogP contribution in [0.25, 0.3) is 0 Å². The van der Waals surface area contributed by atoms with Crippen molar-refractivity contribution in [2.75, 3.05) is 6.61 Å². The molecule has 0 aliphatic heterocycles. The van der Waals surface area contributed by atoms with Crippen LogP contribution in [0.15, 0.2) is 23.3 Å². The largest absolute Gasteiger partial charge is 0.393 e. The van der Waals surface area contributed by atoms with E-state index < -0.39 is 0 Å². The summed E-state index contributed by atoms with van der Waals surface area (Å²) in [7, 11) is 0. The Kier molecular flexibility index (Phi) is 3.81. The van der Waals surface area contributed by atoms with Gasteiger partial charge in [-0.15, -0.1) is 0 Å². The second-order valence-electron chi connectivity index (χ2n) is 9.03. The Balaban J connectivity index is 1.72. The topological polar surface area (TPSA) is 57.5 Å². The molecular weight excluding hydrogens is 300 g/mol. The zero-order valence-corrected chi connectivity index (χ0v) is 14.9. The van der Waals surface area contributed by atoms with Crippen molar-refractivity contribution in [2.45, 2.75) is 64.9 Å². The van der Waals surface area contributed by atoms with Crippen molar-refractivity contribution < 1.29 is 15.0 Å². The van der Waals surface area contributed by atoms with Crippen LogP contribution in [0.3, 0.4) is 0 Å². The number of hydrogen-bond acceptors (Lipinski definition) is 3. The summed E-state index contributed by atoms with van der Waals surface area (Å²) in [6.07, 6.45) is 10.3. The zero-order valence-electron chi connectivity index (χ0n) is 14.9. The van der Waals surface area contributed by atoms with Crippen molar-refractivity contribution in [3.63, 3.8) is 0 Å². The number of ketones is 1. The minimum atomic E-state index is -0.307. The Morgan fingerprint density at radius 2 is 2.00 bits per heavy atom. The first-order valence-electron chi connectivity index (χ1n) is 9.62. The van der Waals surface area contributed by atoms with E-state index in [0.717, 1.165) is 32.1 Å². The first-order valence-corrected chi connectivity index (χ1v) is 9.62. The van der Waals surface area contributed by atoms with E-state index in [4.69, 9.17) is 0 Å². The van der Waals surface area contributed by atoms with Gasteiger partial charge in [-0.05, 0) is 73.2 Å². The molecule has 3 heteroatoms. The number of rotatable bonds is 1. The molecule has 0 aromatic heterocycles. The monoisotopic (exact) mass is 330 g/mol. The molecule has 0 spiro atoms. The zero-order chi connectivity index (χ0) is 17.1. The third-order valence-electron chi connectivity index (χ3n) is 8.08. The summed E-state index contributed by atoms with van der Waals surface area (Å²) in [5, 5.41) is 20.5. The molecule has 0 amide bonds. The predicted octanol–water partition coefficient (Wildman–Crippen LogP) is 3.41. The number of carbonyl (C=O) groups excluding carboxylic acids is 1. The summed E-state index contributed by atoms with van der Waals surface area (Å²) in [6, 6.07) is 0. The van der Waals surface area contributed by atoms with E-state index in [1.54, 1.807) is 0 Å². The lowest BCUT2D eigenvalue weighted by Crippen LogP contribution is -2.55. The molecule has 0 aromatic rings. The molecule has 0 bridgehead atoms. The number of carbonyl (C=O) groups is 1. The molecule has 24 heavy (non-hydrogen) atoms. The summed E-state index contributed by atoms with van der Waals surface area (Å²) < 4.78 is 0. The maximum absolute atomic E-state index is 11.9. The molecule has 3 nitrogen and oxygen atoms in total. The van der Waals surface area contributed by atoms with Crippen molar-refractivity contribution in [3.05, 3.63) is 23.3 Å². The van der Waals surface area contributed by atoms with E-state index in [0.29, 0.717) is 18.3 Å². The van der Waals surface area contributed by atoms with Gasteiger partial charge >= 0.3 is 0 Å². The highest BCUT2D eigenvalue weighted by molar-refractivity contribution is 5.91. The van der Waals surface area contributed by atoms with Gasteiger partial charge in [0.2, 0.25) is 0 Å². The molecule has 132 valence electrons. The fourth-order valence-corrected chi connectivity index (χ4v) is 6.98. The average Bonchev–Trinajstić information content (AvgIpc) is 2.84. The molecule has 4 aliphatic rings. The summed E-state index contributed by atoms with van der Waals surface area (Å²) in [4.78, 5) is 11.9. The summed E-state index contributed by atoms with van der Waals surface area (Å²) >= 11 is 0. The lowest BCUT2D eigenvalue weighted by Gasteiger charge is -2.59. The number of aliphatic hydroxyl groups is 2. The van der Waals surface area contributed by atoms with Crippen molar-refractivity contribution in [3.8, 4) is 0 Å². The summed E-state index contributed by atoms with van der Waals surface area (Å²) in [5.41, 5.74) is 2.71. The van der Waals surface area contributed by atoms with E-state index in [-0.39, 0.29) is 35.2 Å². The maximum Gasteiger partial charge on any atom is 0.155 e. The van der Waals surface area contributed by atoms with Crippen LogP contribution < -0.4 is 0 Å². The fourth-order valence-electron chi connectivity index (χ4n) is 6.98. The highest BCUT2D eigenvalue weighted by Crippen LogP contribution is 2.66. The second-order valence-corrected chi connectivity index (χ2v) is 9.03. The lowest BCUT2D eigenvalue weighted by molar-refractivity contribution is -0.124. The number of hydrogen-bond donors (Lipinski definition) is 2. The molecule has 0 unspecified atom stereocenters. The Morgan fingerprint density at radius 3 is 2.75 bits per heavy atom. The molecule has 4 rings (SSSR count). The molecular formula is C21H30O3. The molecule has 0 radical (unpaired) electrons. The molecule has 3 fully saturated rings. The summed E-state index contributed by atoms with van der Waals surface area (Å²) in [5.74, 6) is 1.71. The van der Waals surface area contributed by atoms with Crippen molar-refractivity contribution in [2.24, 2.45) is 28.6 Å². The van der Waals surface area contributed by atoms with E-state index in [1.807, 2.05) is 12.2 Å². The van der Waals surface area contributed by atoms with Crippen LogP contribution in [0.2, 0.25) is 0 Å². The average molecular weight is 330 g/mol. The molecule has 0 saturated heterocycles. The van der Waals surface area contributed by atoms with Crippen LogP contribution in [0.1, 0.15) is 58.8 Å². The van der Waals surface area contributed by atoms with Gasteiger partial charge in [-0.3, -0.25) is 4.79 Å². The number of allylic oxidation sites excluding steroid dienone is 2. The van der Waals surface area contributed by atoms with Crippen molar-refractivity contribution >= 4 is 5.78 Å². The molecule has 6 atom stereocenters. The highest BCUT2D eigenvalue weighted by atomic mass is 16.3. The van der Waals surface area contributed by atoms with E-state index in [9.17, 15) is 15.0 Å². The third-order valence-corrected chi connectivity index (χ3v) is 8.08. The van der Waals surface area contributed by atoms with Gasteiger partial charge < -0.3 is 10.2 Å². The molecule has 4 aliphatic carbocycles. The van der Waals surface area contributed by atoms with Gasteiger partial charge in [0.25, 0.3) is 0 Å². The third kappa shape index (κ3) is 2.13. The Bertz CT molecular complexity index is 619. The quantitative estimate of drug-likeness (QED) is 0.725. The Hall–Kier alpha value is -0.930. The standard InChI is InChI=1S/C21H30O3/c1-20-9-7-15(23)11-14(20)3-5-16-17-6-4-13(8-10-22)21(17,2)12-18(24)19(16)20/h8,11,16-19,22,24H,3-7,9-10,12H2,1-2H3/b13-8+/t16-,17-,18+,19+,20-,21+/m0/s1. The van der Waals surface area contributed by atoms with Gasteiger partial charge in [0.1, 0.15) is 0 Å². The van der Waals surface area contributed by atoms with Crippen LogP contribution in [0, 0.1) is 28.6 Å². The SMILES string of the molecule is C[C@]12CCC(=O)C=C1CC[C@@H]1[C@@H]2[C@H](O)C[C@]2(C)/C(=C/CO)CC[C@@H]12. The normalized spacial score (nSPS) is 49.4. The minimum Gasteiger partial charge on any atom is -0.393 e. The van der Waals surface area contributed by atoms with Gasteiger partial charge in [0.15, 0.2) is 5.78 Å². The van der Waals surface area contributed by atoms with Gasteiger partial charge in [0.05, 0.1) is 12.7 Å². The fraction of sp³-hybridized carbons (Fsp3) is 0.762. The van der Waals surface area contributed by atoms with E-state index in [1.165, 1.54) is 17.6 Å². The molecule has 3 saturated carbocycles. The highest BCUT2D eigenvalue weighted by Gasteiger charge is 2.60. The Morgan fingerprint density at radius 1 is 1.21 bits per heavy atom. The molecule has 0 heterocycles. The van der Waals surface area contributed by atoms with Crippen LogP contribution in [0.5, 0.6) is 0 Å². The van der Waals surface area contributed by atoms with E-state index in [2.05, 4.69) is 13.8 Å². The van der Waals surface area contributed by atoms with Crippen molar-refractivity contribution in [1.29, 1.82) is 0 Å². The van der Waals surface area contributed by atoms with Gasteiger partial charge in [-0.1, -0.05) is 31.1 Å². The minimum absolute atomic E-state index is 0.00101. The van der Waals surface area contributed by atoms with Gasteiger partial charge in [0, 0.05) is 6.42 Å². The van der Waals surface area contributed by atoms with Gasteiger partial charge in [-0.25, -0.2) is 0 Å². The summed E-state index contributed by atoms with van der Waals surface area (Å²) in [6.45, 7) is 4.71. The second kappa shape index (κ2) is 5.54. The van der Waals surface area contributed by atoms with Crippen molar-refractivity contribution in [1.82, 2.24) is 0 Å². The first-order chi connectivity index (χ1) is 11.4. The Labute approximate surface area is 144 Å². The van der Waals surface area contributed by atoms with Crippen LogP contribution in [-0.2, 0) is 4.79 Å². The van der Waals surface area contributed by atoms with Crippen LogP contribution in [0.4, 0.5) is 0 Å². The van der Waals surface area contributed by atoms with Crippen LogP contribution in [-0.4, -0.2) is 28.7 Å². The van der Waals surface area contributed by atoms with Gasteiger partial charge in [-0.2, -0.15) is 0 Å². The smallest absolute Gasteiger partial charge is 0.155 e. The number of fused-ring (bicyclic) bond motifs is 5.